The zero-order valence-electron chi connectivity index (χ0n) is 11.0. The highest BCUT2D eigenvalue weighted by atomic mass is 15.1. The molecular weight excluding hydrogens is 196 g/mol. The van der Waals surface area contributed by atoms with Crippen molar-refractivity contribution >= 4 is 0 Å². The highest BCUT2D eigenvalue weighted by molar-refractivity contribution is 4.83. The highest BCUT2D eigenvalue weighted by Gasteiger charge is 2.27. The van der Waals surface area contributed by atoms with E-state index in [2.05, 4.69) is 24.1 Å². The maximum Gasteiger partial charge on any atom is 0.0107 e. The SMILES string of the molecule is CC1CCCN(CCNC(C)C2CC2)CC1. The third-order valence-corrected chi connectivity index (χ3v) is 4.33. The van der Waals surface area contributed by atoms with Gasteiger partial charge in [0.2, 0.25) is 0 Å². The minimum Gasteiger partial charge on any atom is -0.313 e. The van der Waals surface area contributed by atoms with Crippen LogP contribution < -0.4 is 5.32 Å². The number of hydrogen-bond donors (Lipinski definition) is 1. The van der Waals surface area contributed by atoms with E-state index in [-0.39, 0.29) is 0 Å². The van der Waals surface area contributed by atoms with E-state index in [1.165, 1.54) is 58.3 Å². The molecule has 2 rings (SSSR count). The van der Waals surface area contributed by atoms with Gasteiger partial charge in [-0.15, -0.1) is 0 Å². The Labute approximate surface area is 101 Å². The first-order valence-corrected chi connectivity index (χ1v) is 7.21. The Morgan fingerprint density at radius 2 is 2.00 bits per heavy atom. The molecule has 2 unspecified atom stereocenters. The molecule has 0 aromatic carbocycles. The van der Waals surface area contributed by atoms with E-state index in [1.54, 1.807) is 0 Å². The molecule has 0 aromatic heterocycles. The lowest BCUT2D eigenvalue weighted by atomic mass is 10.0. The van der Waals surface area contributed by atoms with Gasteiger partial charge in [-0.25, -0.2) is 0 Å². The first-order valence-electron chi connectivity index (χ1n) is 7.21. The van der Waals surface area contributed by atoms with E-state index in [0.29, 0.717) is 0 Å². The van der Waals surface area contributed by atoms with Crippen LogP contribution in [0.15, 0.2) is 0 Å². The van der Waals surface area contributed by atoms with E-state index >= 15 is 0 Å². The maximum absolute atomic E-state index is 3.68. The second-order valence-electron chi connectivity index (χ2n) is 5.96. The third kappa shape index (κ3) is 4.06. The summed E-state index contributed by atoms with van der Waals surface area (Å²) < 4.78 is 0. The van der Waals surface area contributed by atoms with Gasteiger partial charge in [-0.05, 0) is 64.0 Å². The topological polar surface area (TPSA) is 15.3 Å². The van der Waals surface area contributed by atoms with Crippen LogP contribution in [0.4, 0.5) is 0 Å². The van der Waals surface area contributed by atoms with Crippen molar-refractivity contribution in [3.8, 4) is 0 Å². The number of rotatable bonds is 5. The van der Waals surface area contributed by atoms with Crippen molar-refractivity contribution in [1.82, 2.24) is 10.2 Å². The zero-order valence-corrected chi connectivity index (χ0v) is 11.0. The molecule has 2 heteroatoms. The second-order valence-corrected chi connectivity index (χ2v) is 5.96. The van der Waals surface area contributed by atoms with Gasteiger partial charge >= 0.3 is 0 Å². The molecule has 0 radical (unpaired) electrons. The van der Waals surface area contributed by atoms with Gasteiger partial charge < -0.3 is 10.2 Å². The van der Waals surface area contributed by atoms with Crippen molar-refractivity contribution < 1.29 is 0 Å². The van der Waals surface area contributed by atoms with E-state index < -0.39 is 0 Å². The van der Waals surface area contributed by atoms with E-state index in [9.17, 15) is 0 Å². The third-order valence-electron chi connectivity index (χ3n) is 4.33. The molecule has 1 N–H and O–H groups in total. The average Bonchev–Trinajstić information content (AvgIpc) is 3.06. The maximum atomic E-state index is 3.68. The number of nitrogens with one attached hydrogen (secondary N) is 1. The van der Waals surface area contributed by atoms with Crippen LogP contribution in [0.3, 0.4) is 0 Å². The van der Waals surface area contributed by atoms with Crippen LogP contribution >= 0.6 is 0 Å². The fraction of sp³-hybridized carbons (Fsp3) is 1.00. The van der Waals surface area contributed by atoms with Crippen molar-refractivity contribution in [2.75, 3.05) is 26.2 Å². The standard InChI is InChI=1S/C14H28N2/c1-12-4-3-9-16(10-7-12)11-8-15-13(2)14-5-6-14/h12-15H,3-11H2,1-2H3. The number of hydrogen-bond acceptors (Lipinski definition) is 2. The first kappa shape index (κ1) is 12.4. The first-order chi connectivity index (χ1) is 7.75. The van der Waals surface area contributed by atoms with Crippen LogP contribution in [0, 0.1) is 11.8 Å². The second kappa shape index (κ2) is 6.02. The molecular formula is C14H28N2. The van der Waals surface area contributed by atoms with Crippen molar-refractivity contribution in [2.45, 2.75) is 52.0 Å². The molecule has 2 aliphatic rings. The molecule has 2 nitrogen and oxygen atoms in total. The van der Waals surface area contributed by atoms with Gasteiger partial charge in [-0.2, -0.15) is 0 Å². The number of likely N-dealkylation sites (tertiary alicyclic amines) is 1. The fourth-order valence-electron chi connectivity index (χ4n) is 2.76. The lowest BCUT2D eigenvalue weighted by Gasteiger charge is -2.21. The van der Waals surface area contributed by atoms with Gasteiger partial charge in [0.15, 0.2) is 0 Å². The summed E-state index contributed by atoms with van der Waals surface area (Å²) in [7, 11) is 0. The van der Waals surface area contributed by atoms with Gasteiger partial charge in [0.25, 0.3) is 0 Å². The van der Waals surface area contributed by atoms with E-state index in [4.69, 9.17) is 0 Å². The summed E-state index contributed by atoms with van der Waals surface area (Å²) in [6, 6.07) is 0.755. The highest BCUT2D eigenvalue weighted by Crippen LogP contribution is 2.32. The summed E-state index contributed by atoms with van der Waals surface area (Å²) in [4.78, 5) is 2.65. The summed E-state index contributed by atoms with van der Waals surface area (Å²) >= 11 is 0. The van der Waals surface area contributed by atoms with Crippen LogP contribution in [0.1, 0.15) is 46.0 Å². The summed E-state index contributed by atoms with van der Waals surface area (Å²) in [5.74, 6) is 1.94. The predicted octanol–water partition coefficient (Wildman–Crippen LogP) is 2.50. The monoisotopic (exact) mass is 224 g/mol. The predicted molar refractivity (Wildman–Crippen MR) is 69.6 cm³/mol. The summed E-state index contributed by atoms with van der Waals surface area (Å²) in [6.07, 6.45) is 7.14. The molecule has 16 heavy (non-hydrogen) atoms. The van der Waals surface area contributed by atoms with Gasteiger partial charge in [0, 0.05) is 19.1 Å². The summed E-state index contributed by atoms with van der Waals surface area (Å²) in [5.41, 5.74) is 0. The Morgan fingerprint density at radius 1 is 1.19 bits per heavy atom. The smallest absolute Gasteiger partial charge is 0.0107 e. The molecule has 0 amide bonds. The van der Waals surface area contributed by atoms with E-state index in [0.717, 1.165) is 17.9 Å². The fourth-order valence-corrected chi connectivity index (χ4v) is 2.76. The Hall–Kier alpha value is -0.0800. The molecule has 94 valence electrons. The summed E-state index contributed by atoms with van der Waals surface area (Å²) in [6.45, 7) is 9.83. The van der Waals surface area contributed by atoms with Crippen LogP contribution in [0.25, 0.3) is 0 Å². The van der Waals surface area contributed by atoms with E-state index in [1.807, 2.05) is 0 Å². The van der Waals surface area contributed by atoms with Crippen LogP contribution in [-0.2, 0) is 0 Å². The van der Waals surface area contributed by atoms with Crippen molar-refractivity contribution in [3.05, 3.63) is 0 Å². The van der Waals surface area contributed by atoms with Gasteiger partial charge in [0.1, 0.15) is 0 Å². The van der Waals surface area contributed by atoms with Gasteiger partial charge in [0.05, 0.1) is 0 Å². The molecule has 1 saturated carbocycles. The lowest BCUT2D eigenvalue weighted by Crippen LogP contribution is -2.37. The van der Waals surface area contributed by atoms with Crippen LogP contribution in [0.2, 0.25) is 0 Å². The zero-order chi connectivity index (χ0) is 11.4. The Morgan fingerprint density at radius 3 is 2.75 bits per heavy atom. The molecule has 1 aliphatic carbocycles. The van der Waals surface area contributed by atoms with Gasteiger partial charge in [-0.3, -0.25) is 0 Å². The number of nitrogens with zero attached hydrogens (tertiary/aromatic N) is 1. The molecule has 1 saturated heterocycles. The largest absolute Gasteiger partial charge is 0.313 e. The minimum absolute atomic E-state index is 0.755. The van der Waals surface area contributed by atoms with Crippen LogP contribution in [0.5, 0.6) is 0 Å². The molecule has 1 heterocycles. The molecule has 0 spiro atoms. The lowest BCUT2D eigenvalue weighted by molar-refractivity contribution is 0.275. The molecule has 2 fully saturated rings. The quantitative estimate of drug-likeness (QED) is 0.772. The van der Waals surface area contributed by atoms with Gasteiger partial charge in [-0.1, -0.05) is 6.92 Å². The van der Waals surface area contributed by atoms with Crippen molar-refractivity contribution in [1.29, 1.82) is 0 Å². The van der Waals surface area contributed by atoms with Crippen molar-refractivity contribution in [2.24, 2.45) is 11.8 Å². The average molecular weight is 224 g/mol. The Balaban J connectivity index is 1.57. The Bertz CT molecular complexity index is 201. The molecule has 0 bridgehead atoms. The van der Waals surface area contributed by atoms with Crippen molar-refractivity contribution in [3.63, 3.8) is 0 Å². The normalized spacial score (nSPS) is 30.0. The van der Waals surface area contributed by atoms with Crippen LogP contribution in [-0.4, -0.2) is 37.1 Å². The molecule has 0 aromatic rings. The molecule has 1 aliphatic heterocycles. The molecule has 2 atom stereocenters. The minimum atomic E-state index is 0.755. The Kier molecular flexibility index (Phi) is 4.66. The summed E-state index contributed by atoms with van der Waals surface area (Å²) in [5, 5.41) is 3.68.